The number of morpholine rings is 1. The number of ether oxygens (including phenoxy) is 1. The van der Waals surface area contributed by atoms with Crippen LogP contribution in [0.2, 0.25) is 0 Å². The second-order valence-corrected chi connectivity index (χ2v) is 8.38. The van der Waals surface area contributed by atoms with E-state index in [0.29, 0.717) is 6.04 Å². The minimum Gasteiger partial charge on any atom is -0.379 e. The van der Waals surface area contributed by atoms with Crippen LogP contribution in [0.3, 0.4) is 0 Å². The highest BCUT2D eigenvalue weighted by Gasteiger charge is 2.24. The first-order valence-corrected chi connectivity index (χ1v) is 11.1. The first-order chi connectivity index (χ1) is 14.2. The Balaban J connectivity index is 0.00000320. The third-order valence-electron chi connectivity index (χ3n) is 5.32. The van der Waals surface area contributed by atoms with Gasteiger partial charge < -0.3 is 20.3 Å². The fraction of sp³-hybridized carbons (Fsp3) is 0.500. The van der Waals surface area contributed by atoms with Crippen molar-refractivity contribution < 1.29 is 4.74 Å². The molecule has 3 rings (SSSR count). The van der Waals surface area contributed by atoms with Crippen molar-refractivity contribution in [2.24, 2.45) is 4.99 Å². The van der Waals surface area contributed by atoms with Crippen LogP contribution in [0.15, 0.2) is 52.8 Å². The van der Waals surface area contributed by atoms with Gasteiger partial charge >= 0.3 is 0 Å². The van der Waals surface area contributed by atoms with E-state index in [2.05, 4.69) is 87.4 Å². The molecule has 2 heterocycles. The second-order valence-electron chi connectivity index (χ2n) is 7.40. The average molecular weight is 544 g/mol. The molecule has 2 unspecified atom stereocenters. The van der Waals surface area contributed by atoms with Gasteiger partial charge in [-0.25, -0.2) is 0 Å². The lowest BCUT2D eigenvalue weighted by Gasteiger charge is -2.34. The maximum absolute atomic E-state index is 5.54. The molecule has 8 heteroatoms. The molecule has 0 aliphatic carbocycles. The van der Waals surface area contributed by atoms with Gasteiger partial charge in [0.05, 0.1) is 25.3 Å². The quantitative estimate of drug-likeness (QED) is 0.305. The number of hydrogen-bond donors (Lipinski definition) is 2. The zero-order valence-corrected chi connectivity index (χ0v) is 21.2. The smallest absolute Gasteiger partial charge is 0.191 e. The summed E-state index contributed by atoms with van der Waals surface area (Å²) in [6.45, 7) is 5.14. The number of halogens is 1. The number of aliphatic imine (C=N–C) groups is 1. The van der Waals surface area contributed by atoms with Crippen LogP contribution < -0.4 is 10.6 Å². The van der Waals surface area contributed by atoms with E-state index in [4.69, 9.17) is 4.74 Å². The molecule has 6 nitrogen and oxygen atoms in total. The van der Waals surface area contributed by atoms with Crippen molar-refractivity contribution in [3.63, 3.8) is 0 Å². The SMILES string of the molecule is CN=C(NCC(c1ccccc1)N(C)C)NCC(c1cccs1)N1CCOCC1.I. The van der Waals surface area contributed by atoms with Crippen LogP contribution in [-0.2, 0) is 4.74 Å². The van der Waals surface area contributed by atoms with E-state index in [0.717, 1.165) is 45.4 Å². The second kappa shape index (κ2) is 13.3. The minimum absolute atomic E-state index is 0. The number of hydrogen-bond acceptors (Lipinski definition) is 5. The van der Waals surface area contributed by atoms with Crippen molar-refractivity contribution in [2.75, 3.05) is 60.5 Å². The topological polar surface area (TPSA) is 52.1 Å². The Bertz CT molecular complexity index is 735. The van der Waals surface area contributed by atoms with Crippen molar-refractivity contribution in [3.05, 3.63) is 58.3 Å². The molecule has 1 aromatic heterocycles. The summed E-state index contributed by atoms with van der Waals surface area (Å²) in [4.78, 5) is 10.6. The molecule has 2 atom stereocenters. The van der Waals surface area contributed by atoms with Crippen molar-refractivity contribution in [1.29, 1.82) is 0 Å². The van der Waals surface area contributed by atoms with E-state index in [1.807, 2.05) is 18.4 Å². The third-order valence-corrected chi connectivity index (χ3v) is 6.29. The van der Waals surface area contributed by atoms with E-state index >= 15 is 0 Å². The number of likely N-dealkylation sites (N-methyl/N-ethyl adjacent to an activating group) is 1. The lowest BCUT2D eigenvalue weighted by molar-refractivity contribution is 0.0177. The van der Waals surface area contributed by atoms with E-state index in [1.54, 1.807) is 0 Å². The summed E-state index contributed by atoms with van der Waals surface area (Å²) in [5.74, 6) is 0.836. The Morgan fingerprint density at radius 2 is 1.80 bits per heavy atom. The molecule has 1 fully saturated rings. The standard InChI is InChI=1S/C22H33N5OS.HI/c1-23-22(24-16-19(26(2)3)18-8-5-4-6-9-18)25-17-20(21-10-7-15-29-21)27-11-13-28-14-12-27;/h4-10,15,19-20H,11-14,16-17H2,1-3H3,(H2,23,24,25);1H. The molecule has 2 aromatic rings. The average Bonchev–Trinajstić information content (AvgIpc) is 3.28. The fourth-order valence-electron chi connectivity index (χ4n) is 3.66. The van der Waals surface area contributed by atoms with Crippen molar-refractivity contribution in [1.82, 2.24) is 20.4 Å². The number of benzene rings is 1. The van der Waals surface area contributed by atoms with E-state index < -0.39 is 0 Å². The lowest BCUT2D eigenvalue weighted by atomic mass is 10.1. The predicted octanol–water partition coefficient (Wildman–Crippen LogP) is 3.21. The first kappa shape index (κ1) is 25.1. The summed E-state index contributed by atoms with van der Waals surface area (Å²) in [6.07, 6.45) is 0. The third kappa shape index (κ3) is 7.19. The fourth-order valence-corrected chi connectivity index (χ4v) is 4.52. The first-order valence-electron chi connectivity index (χ1n) is 10.2. The Morgan fingerprint density at radius 1 is 1.10 bits per heavy atom. The molecule has 0 spiro atoms. The maximum Gasteiger partial charge on any atom is 0.191 e. The summed E-state index contributed by atoms with van der Waals surface area (Å²) >= 11 is 1.81. The van der Waals surface area contributed by atoms with Crippen molar-refractivity contribution >= 4 is 41.3 Å². The molecule has 0 bridgehead atoms. The Hall–Kier alpha value is -1.20. The van der Waals surface area contributed by atoms with Gasteiger partial charge in [0.15, 0.2) is 5.96 Å². The number of nitrogens with one attached hydrogen (secondary N) is 2. The molecule has 1 aliphatic heterocycles. The summed E-state index contributed by atoms with van der Waals surface area (Å²) in [5.41, 5.74) is 1.30. The maximum atomic E-state index is 5.54. The van der Waals surface area contributed by atoms with E-state index in [-0.39, 0.29) is 30.0 Å². The minimum atomic E-state index is 0. The van der Waals surface area contributed by atoms with E-state index in [9.17, 15) is 0 Å². The summed E-state index contributed by atoms with van der Waals surface area (Å²) in [6, 6.07) is 15.5. The van der Waals surface area contributed by atoms with Gasteiger partial charge in [0, 0.05) is 38.1 Å². The normalized spacial score (nSPS) is 17.3. The van der Waals surface area contributed by atoms with Gasteiger partial charge in [-0.05, 0) is 31.1 Å². The van der Waals surface area contributed by atoms with Crippen LogP contribution in [0.25, 0.3) is 0 Å². The Labute approximate surface area is 201 Å². The zero-order valence-electron chi connectivity index (χ0n) is 18.1. The van der Waals surface area contributed by atoms with Crippen LogP contribution in [0.5, 0.6) is 0 Å². The molecule has 1 aromatic carbocycles. The molecule has 0 saturated carbocycles. The van der Waals surface area contributed by atoms with Crippen LogP contribution in [0.1, 0.15) is 22.5 Å². The van der Waals surface area contributed by atoms with Crippen LogP contribution in [-0.4, -0.2) is 76.3 Å². The molecule has 1 aliphatic rings. The number of rotatable bonds is 8. The summed E-state index contributed by atoms with van der Waals surface area (Å²) in [5, 5.41) is 9.21. The van der Waals surface area contributed by atoms with Gasteiger partial charge in [-0.3, -0.25) is 9.89 Å². The highest BCUT2D eigenvalue weighted by molar-refractivity contribution is 14.0. The zero-order chi connectivity index (χ0) is 20.5. The lowest BCUT2D eigenvalue weighted by Crippen LogP contribution is -2.47. The molecule has 0 amide bonds. The van der Waals surface area contributed by atoms with Crippen molar-refractivity contribution in [3.8, 4) is 0 Å². The molecule has 166 valence electrons. The summed E-state index contributed by atoms with van der Waals surface area (Å²) in [7, 11) is 6.05. The number of guanidine groups is 1. The van der Waals surface area contributed by atoms with Gasteiger partial charge in [0.25, 0.3) is 0 Å². The van der Waals surface area contributed by atoms with Gasteiger partial charge in [0.2, 0.25) is 0 Å². The molecular formula is C22H34IN5OS. The Morgan fingerprint density at radius 3 is 2.40 bits per heavy atom. The van der Waals surface area contributed by atoms with Gasteiger partial charge in [-0.1, -0.05) is 36.4 Å². The Kier molecular flexibility index (Phi) is 11.1. The molecule has 30 heavy (non-hydrogen) atoms. The largest absolute Gasteiger partial charge is 0.379 e. The number of nitrogens with zero attached hydrogens (tertiary/aromatic N) is 3. The highest BCUT2D eigenvalue weighted by atomic mass is 127. The molecule has 1 saturated heterocycles. The monoisotopic (exact) mass is 543 g/mol. The van der Waals surface area contributed by atoms with Crippen LogP contribution in [0, 0.1) is 0 Å². The van der Waals surface area contributed by atoms with Crippen LogP contribution in [0.4, 0.5) is 0 Å². The molecule has 0 radical (unpaired) electrons. The molecular weight excluding hydrogens is 509 g/mol. The molecule has 2 N–H and O–H groups in total. The van der Waals surface area contributed by atoms with Crippen LogP contribution >= 0.6 is 35.3 Å². The number of thiophene rings is 1. The van der Waals surface area contributed by atoms with E-state index in [1.165, 1.54) is 10.4 Å². The van der Waals surface area contributed by atoms with Gasteiger partial charge in [-0.2, -0.15) is 0 Å². The van der Waals surface area contributed by atoms with Gasteiger partial charge in [-0.15, -0.1) is 35.3 Å². The summed E-state index contributed by atoms with van der Waals surface area (Å²) < 4.78 is 5.54. The van der Waals surface area contributed by atoms with Gasteiger partial charge in [0.1, 0.15) is 0 Å². The predicted molar refractivity (Wildman–Crippen MR) is 137 cm³/mol. The highest BCUT2D eigenvalue weighted by Crippen LogP contribution is 2.25. The van der Waals surface area contributed by atoms with Crippen molar-refractivity contribution in [2.45, 2.75) is 12.1 Å².